The van der Waals surface area contributed by atoms with Crippen LogP contribution in [-0.4, -0.2) is 42.0 Å². The first kappa shape index (κ1) is 20.0. The van der Waals surface area contributed by atoms with Crippen molar-refractivity contribution in [3.63, 3.8) is 0 Å². The average molecular weight is 404 g/mol. The number of hydrogen-bond acceptors (Lipinski definition) is 4. The van der Waals surface area contributed by atoms with Gasteiger partial charge in [-0.25, -0.2) is 13.6 Å². The summed E-state index contributed by atoms with van der Waals surface area (Å²) in [5.74, 6) is -3.57. The summed E-state index contributed by atoms with van der Waals surface area (Å²) in [6.45, 7) is 4.78. The van der Waals surface area contributed by atoms with E-state index in [9.17, 15) is 18.4 Å². The Morgan fingerprint density at radius 3 is 2.79 bits per heavy atom. The van der Waals surface area contributed by atoms with E-state index < -0.39 is 17.5 Å². The number of nitrogens with zero attached hydrogens (tertiary/aromatic N) is 1. The molecule has 1 atom stereocenters. The van der Waals surface area contributed by atoms with E-state index in [1.165, 1.54) is 12.1 Å². The number of benzene rings is 1. The minimum atomic E-state index is -2.93. The summed E-state index contributed by atoms with van der Waals surface area (Å²) in [5, 5.41) is 3.29. The van der Waals surface area contributed by atoms with E-state index in [4.69, 9.17) is 4.74 Å². The van der Waals surface area contributed by atoms with Crippen molar-refractivity contribution >= 4 is 11.9 Å². The third-order valence-corrected chi connectivity index (χ3v) is 6.29. The molecule has 0 saturated carbocycles. The maximum absolute atomic E-state index is 13.7. The predicted octanol–water partition coefficient (Wildman–Crippen LogP) is 3.07. The van der Waals surface area contributed by atoms with Crippen molar-refractivity contribution in [2.24, 2.45) is 0 Å². The Bertz CT molecular complexity index is 881. The molecule has 0 aliphatic carbocycles. The van der Waals surface area contributed by atoms with Gasteiger partial charge in [-0.05, 0) is 56.5 Å². The Balaban J connectivity index is 1.63. The summed E-state index contributed by atoms with van der Waals surface area (Å²) < 4.78 is 33.2. The lowest BCUT2D eigenvalue weighted by atomic mass is 9.84. The van der Waals surface area contributed by atoms with Crippen LogP contribution in [0.1, 0.15) is 49.8 Å². The second-order valence-electron chi connectivity index (χ2n) is 8.34. The Morgan fingerprint density at radius 2 is 2.03 bits per heavy atom. The van der Waals surface area contributed by atoms with Crippen molar-refractivity contribution in [1.29, 1.82) is 0 Å². The monoisotopic (exact) mass is 404 g/mol. The first-order valence-electron chi connectivity index (χ1n) is 10.2. The van der Waals surface area contributed by atoms with E-state index in [0.29, 0.717) is 43.5 Å². The van der Waals surface area contributed by atoms with E-state index in [1.54, 1.807) is 17.9 Å². The van der Waals surface area contributed by atoms with Crippen molar-refractivity contribution < 1.29 is 23.1 Å². The van der Waals surface area contributed by atoms with E-state index >= 15 is 0 Å². The molecule has 1 N–H and O–H groups in total. The van der Waals surface area contributed by atoms with Crippen LogP contribution in [0.25, 0.3) is 0 Å². The number of ether oxygens (including phenoxy) is 1. The summed E-state index contributed by atoms with van der Waals surface area (Å²) in [4.78, 5) is 27.5. The number of nitrogens with one attached hydrogen (secondary N) is 1. The molecule has 5 nitrogen and oxygen atoms in total. The van der Waals surface area contributed by atoms with Gasteiger partial charge in [0.2, 0.25) is 0 Å². The fraction of sp³-hybridized carbons (Fsp3) is 0.545. The lowest BCUT2D eigenvalue weighted by molar-refractivity contribution is -0.148. The third kappa shape index (κ3) is 3.56. The first-order valence-corrected chi connectivity index (χ1v) is 10.2. The Labute approximate surface area is 169 Å². The molecule has 3 aliphatic rings. The molecule has 1 fully saturated rings. The van der Waals surface area contributed by atoms with Gasteiger partial charge in [0.25, 0.3) is 11.8 Å². The summed E-state index contributed by atoms with van der Waals surface area (Å²) in [5.41, 5.74) is 1.62. The number of hydrogen-bond donors (Lipinski definition) is 1. The van der Waals surface area contributed by atoms with E-state index in [-0.39, 0.29) is 18.0 Å². The van der Waals surface area contributed by atoms with Gasteiger partial charge in [-0.15, -0.1) is 0 Å². The number of carbonyl (C=O) groups is 2. The molecule has 1 amide bonds. The summed E-state index contributed by atoms with van der Waals surface area (Å²) >= 11 is 0. The molecule has 0 bridgehead atoms. The molecule has 3 heterocycles. The van der Waals surface area contributed by atoms with E-state index in [0.717, 1.165) is 31.0 Å². The van der Waals surface area contributed by atoms with Crippen LogP contribution in [0.4, 0.5) is 8.78 Å². The van der Waals surface area contributed by atoms with Gasteiger partial charge in [-0.2, -0.15) is 0 Å². The van der Waals surface area contributed by atoms with E-state index in [1.807, 2.05) is 0 Å². The molecule has 7 heteroatoms. The number of carbonyl (C=O) groups excluding carboxylic acids is 2. The van der Waals surface area contributed by atoms with Crippen molar-refractivity contribution in [2.75, 3.05) is 19.6 Å². The SMILES string of the molecule is CC1=C(C(=O)N2CCc3ccc(C(C)(F)F)cc3C2)C2(CCCNCC2)OC1=O. The normalized spacial score (nSPS) is 25.1. The number of alkyl halides is 2. The molecular formula is C22H26F2N2O3. The summed E-state index contributed by atoms with van der Waals surface area (Å²) in [7, 11) is 0. The minimum Gasteiger partial charge on any atom is -0.451 e. The molecule has 3 aliphatic heterocycles. The summed E-state index contributed by atoms with van der Waals surface area (Å²) in [6, 6.07) is 4.69. The highest BCUT2D eigenvalue weighted by atomic mass is 19.3. The zero-order chi connectivity index (χ0) is 20.8. The van der Waals surface area contributed by atoms with Crippen molar-refractivity contribution in [3.05, 3.63) is 46.0 Å². The second-order valence-corrected chi connectivity index (χ2v) is 8.34. The number of amides is 1. The molecule has 1 spiro atoms. The van der Waals surface area contributed by atoms with Crippen molar-refractivity contribution in [3.8, 4) is 0 Å². The largest absolute Gasteiger partial charge is 0.451 e. The van der Waals surface area contributed by atoms with Gasteiger partial charge in [0, 0.05) is 37.6 Å². The van der Waals surface area contributed by atoms with Crippen LogP contribution < -0.4 is 5.32 Å². The Hall–Kier alpha value is -2.28. The smallest absolute Gasteiger partial charge is 0.335 e. The molecule has 0 radical (unpaired) electrons. The molecular weight excluding hydrogens is 378 g/mol. The Morgan fingerprint density at radius 1 is 1.24 bits per heavy atom. The molecule has 156 valence electrons. The van der Waals surface area contributed by atoms with Crippen LogP contribution in [0.2, 0.25) is 0 Å². The molecule has 29 heavy (non-hydrogen) atoms. The highest BCUT2D eigenvalue weighted by Crippen LogP contribution is 2.41. The molecule has 1 saturated heterocycles. The van der Waals surface area contributed by atoms with Gasteiger partial charge >= 0.3 is 5.97 Å². The fourth-order valence-electron chi connectivity index (χ4n) is 4.66. The number of fused-ring (bicyclic) bond motifs is 1. The predicted molar refractivity (Wildman–Crippen MR) is 103 cm³/mol. The minimum absolute atomic E-state index is 0.0494. The fourth-order valence-corrected chi connectivity index (χ4v) is 4.66. The quantitative estimate of drug-likeness (QED) is 0.770. The van der Waals surface area contributed by atoms with Crippen molar-refractivity contribution in [2.45, 2.75) is 57.6 Å². The second kappa shape index (κ2) is 7.20. The lowest BCUT2D eigenvalue weighted by Crippen LogP contribution is -2.44. The molecule has 4 rings (SSSR count). The zero-order valence-corrected chi connectivity index (χ0v) is 16.8. The lowest BCUT2D eigenvalue weighted by Gasteiger charge is -2.34. The highest BCUT2D eigenvalue weighted by molar-refractivity contribution is 6.07. The van der Waals surface area contributed by atoms with Crippen LogP contribution in [-0.2, 0) is 33.2 Å². The molecule has 1 aromatic rings. The standard InChI is InChI=1S/C22H26F2N2O3/c1-14-18(22(29-20(14)28)7-3-9-25-10-8-22)19(27)26-11-6-15-4-5-17(21(2,23)24)12-16(15)13-26/h4-5,12,25H,3,6-11,13H2,1-2H3. The number of esters is 1. The van der Waals surface area contributed by atoms with Gasteiger partial charge < -0.3 is 15.0 Å². The average Bonchev–Trinajstić information content (AvgIpc) is 2.82. The maximum Gasteiger partial charge on any atom is 0.335 e. The molecule has 0 aromatic heterocycles. The number of rotatable bonds is 2. The summed E-state index contributed by atoms with van der Waals surface area (Å²) in [6.07, 6.45) is 2.59. The van der Waals surface area contributed by atoms with Crippen LogP contribution in [0.15, 0.2) is 29.3 Å². The van der Waals surface area contributed by atoms with E-state index in [2.05, 4.69) is 5.32 Å². The van der Waals surface area contributed by atoms with Gasteiger partial charge in [0.1, 0.15) is 5.60 Å². The molecule has 1 unspecified atom stereocenters. The highest BCUT2D eigenvalue weighted by Gasteiger charge is 2.50. The van der Waals surface area contributed by atoms with Crippen LogP contribution in [0.5, 0.6) is 0 Å². The van der Waals surface area contributed by atoms with Crippen LogP contribution in [0.3, 0.4) is 0 Å². The van der Waals surface area contributed by atoms with Crippen LogP contribution >= 0.6 is 0 Å². The van der Waals surface area contributed by atoms with Crippen molar-refractivity contribution in [1.82, 2.24) is 10.2 Å². The van der Waals surface area contributed by atoms with Gasteiger partial charge in [-0.3, -0.25) is 4.79 Å². The maximum atomic E-state index is 13.7. The van der Waals surface area contributed by atoms with Gasteiger partial charge in [0.15, 0.2) is 0 Å². The third-order valence-electron chi connectivity index (χ3n) is 6.29. The Kier molecular flexibility index (Phi) is 4.97. The zero-order valence-electron chi connectivity index (χ0n) is 16.8. The van der Waals surface area contributed by atoms with Crippen LogP contribution in [0, 0.1) is 0 Å². The number of halogens is 2. The van der Waals surface area contributed by atoms with Gasteiger partial charge in [0.05, 0.1) is 5.57 Å². The topological polar surface area (TPSA) is 58.6 Å². The van der Waals surface area contributed by atoms with Gasteiger partial charge in [-0.1, -0.05) is 12.1 Å². The first-order chi connectivity index (χ1) is 13.7. The molecule has 1 aromatic carbocycles.